The normalized spacial score (nSPS) is 23.8. The fourth-order valence-electron chi connectivity index (χ4n) is 3.65. The molecule has 5 nitrogen and oxygen atoms in total. The first kappa shape index (κ1) is 15.8. The van der Waals surface area contributed by atoms with Crippen molar-refractivity contribution in [3.8, 4) is 0 Å². The van der Waals surface area contributed by atoms with Crippen LogP contribution >= 0.6 is 0 Å². The van der Waals surface area contributed by atoms with Gasteiger partial charge in [-0.3, -0.25) is 4.31 Å². The minimum atomic E-state index is -3.25. The molecular formula is C16H24N2O3S. The van der Waals surface area contributed by atoms with Gasteiger partial charge in [0.2, 0.25) is 10.0 Å². The summed E-state index contributed by atoms with van der Waals surface area (Å²) in [6, 6.07) is 5.60. The summed E-state index contributed by atoms with van der Waals surface area (Å²) in [6.45, 7) is 4.69. The standard InChI is InChI=1S/C16H24N2O3S/c1-12-9-14-10-13(16(19)11-17-7-3-4-8-17)5-6-15(14)18(12)22(2,20)21/h5-6,10,12,16,19H,3-4,7-9,11H2,1-2H3/t12-,16+/m0/s1. The quantitative estimate of drug-likeness (QED) is 0.912. The largest absolute Gasteiger partial charge is 0.387 e. The maximum Gasteiger partial charge on any atom is 0.232 e. The van der Waals surface area contributed by atoms with Gasteiger partial charge in [-0.05, 0) is 56.5 Å². The van der Waals surface area contributed by atoms with Gasteiger partial charge in [-0.15, -0.1) is 0 Å². The lowest BCUT2D eigenvalue weighted by molar-refractivity contribution is 0.126. The lowest BCUT2D eigenvalue weighted by atomic mass is 10.0. The molecule has 22 heavy (non-hydrogen) atoms. The summed E-state index contributed by atoms with van der Waals surface area (Å²) in [5, 5.41) is 10.4. The van der Waals surface area contributed by atoms with Gasteiger partial charge in [0, 0.05) is 12.6 Å². The van der Waals surface area contributed by atoms with Gasteiger partial charge >= 0.3 is 0 Å². The smallest absolute Gasteiger partial charge is 0.232 e. The molecule has 0 saturated carbocycles. The molecule has 0 aliphatic carbocycles. The molecule has 0 aromatic heterocycles. The molecule has 6 heteroatoms. The average molecular weight is 324 g/mol. The third-order valence-corrected chi connectivity index (χ3v) is 5.90. The number of anilines is 1. The van der Waals surface area contributed by atoms with Gasteiger partial charge in [-0.25, -0.2) is 8.42 Å². The van der Waals surface area contributed by atoms with Crippen LogP contribution in [-0.4, -0.2) is 50.4 Å². The van der Waals surface area contributed by atoms with Gasteiger partial charge in [-0.1, -0.05) is 12.1 Å². The molecule has 2 heterocycles. The van der Waals surface area contributed by atoms with E-state index in [-0.39, 0.29) is 6.04 Å². The van der Waals surface area contributed by atoms with Gasteiger partial charge in [0.05, 0.1) is 18.0 Å². The van der Waals surface area contributed by atoms with Crippen LogP contribution in [0.4, 0.5) is 5.69 Å². The molecule has 122 valence electrons. The van der Waals surface area contributed by atoms with Crippen molar-refractivity contribution in [2.75, 3.05) is 30.2 Å². The van der Waals surface area contributed by atoms with E-state index >= 15 is 0 Å². The minimum Gasteiger partial charge on any atom is -0.387 e. The van der Waals surface area contributed by atoms with E-state index in [0.29, 0.717) is 13.0 Å². The maximum atomic E-state index is 11.9. The van der Waals surface area contributed by atoms with Crippen LogP contribution in [0.25, 0.3) is 0 Å². The topological polar surface area (TPSA) is 60.9 Å². The number of β-amino-alcohol motifs (C(OH)–C–C–N with tert-alkyl or cyclic N) is 1. The first-order valence-electron chi connectivity index (χ1n) is 7.89. The number of likely N-dealkylation sites (tertiary alicyclic amines) is 1. The highest BCUT2D eigenvalue weighted by Crippen LogP contribution is 2.35. The molecule has 0 unspecified atom stereocenters. The summed E-state index contributed by atoms with van der Waals surface area (Å²) in [7, 11) is -3.25. The second kappa shape index (κ2) is 5.83. The Bertz CT molecular complexity index is 653. The third kappa shape index (κ3) is 3.00. The molecule has 0 bridgehead atoms. The number of sulfonamides is 1. The van der Waals surface area contributed by atoms with Crippen LogP contribution < -0.4 is 4.31 Å². The van der Waals surface area contributed by atoms with E-state index < -0.39 is 16.1 Å². The molecule has 1 fully saturated rings. The molecule has 1 saturated heterocycles. The van der Waals surface area contributed by atoms with Gasteiger partial charge in [0.1, 0.15) is 0 Å². The predicted molar refractivity (Wildman–Crippen MR) is 87.6 cm³/mol. The summed E-state index contributed by atoms with van der Waals surface area (Å²) < 4.78 is 25.3. The van der Waals surface area contributed by atoms with Gasteiger partial charge in [0.15, 0.2) is 0 Å². The molecule has 2 atom stereocenters. The summed E-state index contributed by atoms with van der Waals surface area (Å²) in [6.07, 6.45) is 3.85. The van der Waals surface area contributed by atoms with Crippen molar-refractivity contribution in [3.05, 3.63) is 29.3 Å². The van der Waals surface area contributed by atoms with Crippen molar-refractivity contribution in [1.82, 2.24) is 4.90 Å². The Hall–Kier alpha value is -1.11. The van der Waals surface area contributed by atoms with Crippen molar-refractivity contribution < 1.29 is 13.5 Å². The number of nitrogens with zero attached hydrogens (tertiary/aromatic N) is 2. The van der Waals surface area contributed by atoms with Crippen LogP contribution in [0.15, 0.2) is 18.2 Å². The van der Waals surface area contributed by atoms with Crippen LogP contribution in [-0.2, 0) is 16.4 Å². The van der Waals surface area contributed by atoms with E-state index in [9.17, 15) is 13.5 Å². The van der Waals surface area contributed by atoms with Crippen molar-refractivity contribution >= 4 is 15.7 Å². The molecule has 0 amide bonds. The number of benzene rings is 1. The Morgan fingerprint density at radius 1 is 1.32 bits per heavy atom. The second-order valence-electron chi connectivity index (χ2n) is 6.52. The van der Waals surface area contributed by atoms with E-state index in [0.717, 1.165) is 29.9 Å². The first-order valence-corrected chi connectivity index (χ1v) is 9.74. The Morgan fingerprint density at radius 2 is 2.00 bits per heavy atom. The molecule has 2 aliphatic heterocycles. The van der Waals surface area contributed by atoms with Crippen LogP contribution in [0.3, 0.4) is 0 Å². The maximum absolute atomic E-state index is 11.9. The lowest BCUT2D eigenvalue weighted by Crippen LogP contribution is -2.34. The molecule has 2 aliphatic rings. The zero-order valence-electron chi connectivity index (χ0n) is 13.2. The Balaban J connectivity index is 1.81. The molecule has 0 spiro atoms. The highest BCUT2D eigenvalue weighted by molar-refractivity contribution is 7.92. The lowest BCUT2D eigenvalue weighted by Gasteiger charge is -2.22. The van der Waals surface area contributed by atoms with E-state index in [1.807, 2.05) is 25.1 Å². The minimum absolute atomic E-state index is 0.0593. The highest BCUT2D eigenvalue weighted by atomic mass is 32.2. The van der Waals surface area contributed by atoms with Crippen LogP contribution in [0, 0.1) is 0 Å². The number of rotatable bonds is 4. The van der Waals surface area contributed by atoms with Crippen LogP contribution in [0.1, 0.15) is 37.0 Å². The second-order valence-corrected chi connectivity index (χ2v) is 8.38. The molecule has 3 rings (SSSR count). The van der Waals surface area contributed by atoms with E-state index in [1.165, 1.54) is 23.4 Å². The fraction of sp³-hybridized carbons (Fsp3) is 0.625. The summed E-state index contributed by atoms with van der Waals surface area (Å²) >= 11 is 0. The van der Waals surface area contributed by atoms with E-state index in [1.54, 1.807) is 0 Å². The summed E-state index contributed by atoms with van der Waals surface area (Å²) in [5.41, 5.74) is 2.65. The number of fused-ring (bicyclic) bond motifs is 1. The van der Waals surface area contributed by atoms with Crippen LogP contribution in [0.5, 0.6) is 0 Å². The van der Waals surface area contributed by atoms with Crippen molar-refractivity contribution in [3.63, 3.8) is 0 Å². The molecular weight excluding hydrogens is 300 g/mol. The van der Waals surface area contributed by atoms with Crippen molar-refractivity contribution in [2.24, 2.45) is 0 Å². The predicted octanol–water partition coefficient (Wildman–Crippen LogP) is 1.53. The monoisotopic (exact) mass is 324 g/mol. The van der Waals surface area contributed by atoms with Gasteiger partial charge in [0.25, 0.3) is 0 Å². The fourth-order valence-corrected chi connectivity index (χ4v) is 4.91. The zero-order chi connectivity index (χ0) is 15.9. The zero-order valence-corrected chi connectivity index (χ0v) is 14.0. The van der Waals surface area contributed by atoms with Crippen molar-refractivity contribution in [1.29, 1.82) is 0 Å². The highest BCUT2D eigenvalue weighted by Gasteiger charge is 2.32. The van der Waals surface area contributed by atoms with E-state index in [4.69, 9.17) is 0 Å². The van der Waals surface area contributed by atoms with Gasteiger partial charge in [-0.2, -0.15) is 0 Å². The molecule has 1 aromatic carbocycles. The Morgan fingerprint density at radius 3 is 2.64 bits per heavy atom. The Labute approximate surface area is 132 Å². The van der Waals surface area contributed by atoms with E-state index in [2.05, 4.69) is 4.90 Å². The van der Waals surface area contributed by atoms with Gasteiger partial charge < -0.3 is 10.0 Å². The number of hydrogen-bond acceptors (Lipinski definition) is 4. The summed E-state index contributed by atoms with van der Waals surface area (Å²) in [4.78, 5) is 2.28. The summed E-state index contributed by atoms with van der Waals surface area (Å²) in [5.74, 6) is 0. The third-order valence-electron chi connectivity index (χ3n) is 4.63. The first-order chi connectivity index (χ1) is 10.4. The average Bonchev–Trinajstić information content (AvgIpc) is 3.02. The Kier molecular flexibility index (Phi) is 4.18. The van der Waals surface area contributed by atoms with Crippen molar-refractivity contribution in [2.45, 2.75) is 38.3 Å². The number of aliphatic hydroxyl groups excluding tert-OH is 1. The molecule has 1 aromatic rings. The molecule has 0 radical (unpaired) electrons. The SMILES string of the molecule is C[C@H]1Cc2cc([C@H](O)CN3CCCC3)ccc2N1S(C)(=O)=O. The number of hydrogen-bond donors (Lipinski definition) is 1. The molecule has 1 N–H and O–H groups in total. The van der Waals surface area contributed by atoms with Crippen LogP contribution in [0.2, 0.25) is 0 Å². The number of aliphatic hydroxyl groups is 1.